The Labute approximate surface area is 132 Å². The molecule has 10 heteroatoms. The molecule has 1 aromatic carbocycles. The van der Waals surface area contributed by atoms with Gasteiger partial charge in [-0.25, -0.2) is 22.2 Å². The predicted molar refractivity (Wildman–Crippen MR) is 83.8 cm³/mol. The van der Waals surface area contributed by atoms with Gasteiger partial charge in [-0.3, -0.25) is 0 Å². The zero-order valence-electron chi connectivity index (χ0n) is 11.9. The van der Waals surface area contributed by atoms with Crippen molar-refractivity contribution >= 4 is 21.8 Å². The summed E-state index contributed by atoms with van der Waals surface area (Å²) in [6, 6.07) is 6.18. The van der Waals surface area contributed by atoms with Crippen molar-refractivity contribution in [1.29, 1.82) is 0 Å². The van der Waals surface area contributed by atoms with Crippen molar-refractivity contribution < 1.29 is 12.8 Å². The van der Waals surface area contributed by atoms with Gasteiger partial charge in [0.15, 0.2) is 5.82 Å². The fraction of sp³-hybridized carbons (Fsp3) is 0.333. The molecule has 0 saturated carbocycles. The topological polar surface area (TPSA) is 103 Å². The van der Waals surface area contributed by atoms with Gasteiger partial charge >= 0.3 is 0 Å². The van der Waals surface area contributed by atoms with Crippen LogP contribution in [-0.4, -0.2) is 41.8 Å². The van der Waals surface area contributed by atoms with Crippen molar-refractivity contribution in [2.75, 3.05) is 24.4 Å². The molecule has 0 radical (unpaired) electrons. The quantitative estimate of drug-likeness (QED) is 0.438. The molecule has 1 aromatic heterocycles. The highest BCUT2D eigenvalue weighted by molar-refractivity contribution is 7.99. The monoisotopic (exact) mass is 345 g/mol. The average molecular weight is 345 g/mol. The summed E-state index contributed by atoms with van der Waals surface area (Å²) in [5, 5.41) is 8.27. The number of nitrogens with one attached hydrogen (secondary N) is 1. The van der Waals surface area contributed by atoms with Crippen LogP contribution < -0.4 is 10.6 Å². The van der Waals surface area contributed by atoms with Crippen LogP contribution in [0.2, 0.25) is 0 Å². The van der Waals surface area contributed by atoms with E-state index in [2.05, 4.69) is 14.9 Å². The number of hydrogen-bond acceptors (Lipinski definition) is 6. The van der Waals surface area contributed by atoms with Gasteiger partial charge in [0.2, 0.25) is 15.2 Å². The van der Waals surface area contributed by atoms with Crippen LogP contribution >= 0.6 is 11.8 Å². The van der Waals surface area contributed by atoms with Crippen LogP contribution in [0.15, 0.2) is 29.4 Å². The van der Waals surface area contributed by atoms with E-state index in [-0.39, 0.29) is 11.4 Å². The molecule has 7 nitrogen and oxygen atoms in total. The molecule has 0 fully saturated rings. The lowest BCUT2D eigenvalue weighted by atomic mass is 10.2. The molecule has 0 aliphatic carbocycles. The highest BCUT2D eigenvalue weighted by Gasteiger charge is 2.14. The second kappa shape index (κ2) is 7.07. The highest BCUT2D eigenvalue weighted by Crippen LogP contribution is 2.23. The fourth-order valence-corrected chi connectivity index (χ4v) is 3.01. The predicted octanol–water partition coefficient (Wildman–Crippen LogP) is 0.829. The summed E-state index contributed by atoms with van der Waals surface area (Å²) in [6.07, 6.45) is 1.72. The third-order valence-corrected chi connectivity index (χ3v) is 4.45. The first kappa shape index (κ1) is 16.7. The van der Waals surface area contributed by atoms with E-state index in [0.29, 0.717) is 23.9 Å². The molecular formula is C12H16FN5O2S2. The molecule has 3 N–H and O–H groups in total. The first-order valence-corrected chi connectivity index (χ1v) is 9.29. The van der Waals surface area contributed by atoms with Crippen LogP contribution in [0, 0.1) is 5.82 Å². The molecule has 0 bridgehead atoms. The summed E-state index contributed by atoms with van der Waals surface area (Å²) in [5.74, 6) is 6.31. The van der Waals surface area contributed by atoms with E-state index in [0.717, 1.165) is 6.26 Å². The van der Waals surface area contributed by atoms with Gasteiger partial charge in [0.05, 0.1) is 11.8 Å². The largest absolute Gasteiger partial charge is 0.335 e. The third-order valence-electron chi connectivity index (χ3n) is 2.70. The normalized spacial score (nSPS) is 11.7. The number of halogens is 1. The molecule has 0 aliphatic heterocycles. The van der Waals surface area contributed by atoms with Crippen molar-refractivity contribution in [1.82, 2.24) is 19.6 Å². The van der Waals surface area contributed by atoms with Crippen LogP contribution in [0.3, 0.4) is 0 Å². The smallest absolute Gasteiger partial charge is 0.210 e. The van der Waals surface area contributed by atoms with E-state index in [9.17, 15) is 12.8 Å². The van der Waals surface area contributed by atoms with Gasteiger partial charge in [0.25, 0.3) is 0 Å². The summed E-state index contributed by atoms with van der Waals surface area (Å²) in [5.41, 5.74) is 0.281. The first-order valence-electron chi connectivity index (χ1n) is 6.41. The minimum Gasteiger partial charge on any atom is -0.335 e. The van der Waals surface area contributed by atoms with Crippen LogP contribution in [0.4, 0.5) is 4.39 Å². The Morgan fingerprint density at radius 2 is 2.09 bits per heavy atom. The number of aromatic nitrogens is 3. The summed E-state index contributed by atoms with van der Waals surface area (Å²) in [4.78, 5) is 0. The zero-order valence-corrected chi connectivity index (χ0v) is 13.5. The molecule has 120 valence electrons. The molecular weight excluding hydrogens is 329 g/mol. The van der Waals surface area contributed by atoms with E-state index in [1.165, 1.54) is 22.5 Å². The molecule has 1 heterocycles. The van der Waals surface area contributed by atoms with Crippen molar-refractivity contribution in [3.05, 3.63) is 30.1 Å². The third kappa shape index (κ3) is 4.42. The zero-order chi connectivity index (χ0) is 16.2. The SMILES string of the molecule is CS(=O)(=O)NCCCSc1nnc(-c2ccccc2F)n1N. The number of rotatable bonds is 7. The minimum atomic E-state index is -3.17. The van der Waals surface area contributed by atoms with E-state index in [1.807, 2.05) is 0 Å². The van der Waals surface area contributed by atoms with Crippen LogP contribution in [0.5, 0.6) is 0 Å². The lowest BCUT2D eigenvalue weighted by molar-refractivity contribution is 0.587. The maximum Gasteiger partial charge on any atom is 0.210 e. The van der Waals surface area contributed by atoms with Gasteiger partial charge in [-0.05, 0) is 18.6 Å². The standard InChI is InChI=1S/C12H16FN5O2S2/c1-22(19,20)15-7-4-8-21-12-17-16-11(18(12)14)9-5-2-3-6-10(9)13/h2-3,5-6,15H,4,7-8,14H2,1H3. The molecule has 0 unspecified atom stereocenters. The van der Waals surface area contributed by atoms with Gasteiger partial charge in [0.1, 0.15) is 5.82 Å². The summed E-state index contributed by atoms with van der Waals surface area (Å²) >= 11 is 1.33. The average Bonchev–Trinajstić information content (AvgIpc) is 2.79. The fourth-order valence-electron chi connectivity index (χ4n) is 1.69. The molecule has 22 heavy (non-hydrogen) atoms. The molecule has 2 aromatic rings. The maximum absolute atomic E-state index is 13.7. The van der Waals surface area contributed by atoms with Crippen LogP contribution in [0.1, 0.15) is 6.42 Å². The van der Waals surface area contributed by atoms with Gasteiger partial charge in [0, 0.05) is 12.3 Å². The van der Waals surface area contributed by atoms with Gasteiger partial charge in [-0.15, -0.1) is 10.2 Å². The first-order chi connectivity index (χ1) is 10.4. The Bertz CT molecular complexity index is 748. The van der Waals surface area contributed by atoms with E-state index in [4.69, 9.17) is 5.84 Å². The number of nitrogen functional groups attached to an aromatic ring is 1. The number of nitrogens with zero attached hydrogens (tertiary/aromatic N) is 3. The number of thioether (sulfide) groups is 1. The van der Waals surface area contributed by atoms with E-state index in [1.54, 1.807) is 18.2 Å². The van der Waals surface area contributed by atoms with E-state index < -0.39 is 15.8 Å². The molecule has 0 amide bonds. The summed E-state index contributed by atoms with van der Waals surface area (Å²) < 4.78 is 39.2. The number of hydrogen-bond donors (Lipinski definition) is 2. The molecule has 0 atom stereocenters. The lowest BCUT2D eigenvalue weighted by Crippen LogP contribution is -2.23. The Morgan fingerprint density at radius 1 is 1.36 bits per heavy atom. The Morgan fingerprint density at radius 3 is 2.77 bits per heavy atom. The maximum atomic E-state index is 13.7. The van der Waals surface area contributed by atoms with Crippen LogP contribution in [0.25, 0.3) is 11.4 Å². The van der Waals surface area contributed by atoms with Gasteiger partial charge in [-0.2, -0.15) is 0 Å². The highest BCUT2D eigenvalue weighted by atomic mass is 32.2. The summed E-state index contributed by atoms with van der Waals surface area (Å²) in [6.45, 7) is 0.338. The second-order valence-corrected chi connectivity index (χ2v) is 7.42. The van der Waals surface area contributed by atoms with Crippen LogP contribution in [-0.2, 0) is 10.0 Å². The van der Waals surface area contributed by atoms with Crippen molar-refractivity contribution in [3.63, 3.8) is 0 Å². The Kier molecular flexibility index (Phi) is 5.37. The van der Waals surface area contributed by atoms with Gasteiger partial charge < -0.3 is 5.84 Å². The molecule has 0 aliphatic rings. The second-order valence-electron chi connectivity index (χ2n) is 4.52. The van der Waals surface area contributed by atoms with Gasteiger partial charge in [-0.1, -0.05) is 23.9 Å². The van der Waals surface area contributed by atoms with Crippen molar-refractivity contribution in [2.24, 2.45) is 0 Å². The minimum absolute atomic E-state index is 0.245. The lowest BCUT2D eigenvalue weighted by Gasteiger charge is -2.05. The van der Waals surface area contributed by atoms with Crippen molar-refractivity contribution in [3.8, 4) is 11.4 Å². The molecule has 0 saturated heterocycles. The Balaban J connectivity index is 1.96. The number of benzene rings is 1. The Hall–Kier alpha value is -1.65. The molecule has 0 spiro atoms. The summed E-state index contributed by atoms with van der Waals surface area (Å²) in [7, 11) is -3.17. The number of nitrogens with two attached hydrogens (primary N) is 1. The number of sulfonamides is 1. The van der Waals surface area contributed by atoms with Crippen molar-refractivity contribution in [2.45, 2.75) is 11.6 Å². The van der Waals surface area contributed by atoms with E-state index >= 15 is 0 Å². The molecule has 2 rings (SSSR count).